The van der Waals surface area contributed by atoms with Crippen LogP contribution in [0, 0.1) is 0 Å². The SMILES string of the molecule is Cn1ccc2c(N3CCN(c4ccccc4Cl)CC3)ncnc21. The van der Waals surface area contributed by atoms with Gasteiger partial charge in [-0.1, -0.05) is 23.7 Å². The smallest absolute Gasteiger partial charge is 0.145 e. The zero-order valence-electron chi connectivity index (χ0n) is 13.0. The lowest BCUT2D eigenvalue weighted by atomic mass is 10.2. The van der Waals surface area contributed by atoms with E-state index in [9.17, 15) is 0 Å². The van der Waals surface area contributed by atoms with E-state index in [1.165, 1.54) is 0 Å². The van der Waals surface area contributed by atoms with Crippen LogP contribution in [0.2, 0.25) is 5.02 Å². The van der Waals surface area contributed by atoms with Crippen molar-refractivity contribution in [1.82, 2.24) is 14.5 Å². The second-order valence-electron chi connectivity index (χ2n) is 5.79. The molecule has 1 fully saturated rings. The van der Waals surface area contributed by atoms with Crippen LogP contribution in [0.4, 0.5) is 11.5 Å². The molecule has 0 saturated carbocycles. The lowest BCUT2D eigenvalue weighted by Gasteiger charge is -2.37. The normalized spacial score (nSPS) is 15.4. The highest BCUT2D eigenvalue weighted by Gasteiger charge is 2.21. The maximum absolute atomic E-state index is 6.31. The minimum Gasteiger partial charge on any atom is -0.367 e. The van der Waals surface area contributed by atoms with Crippen molar-refractivity contribution in [3.63, 3.8) is 0 Å². The van der Waals surface area contributed by atoms with Crippen LogP contribution in [0.5, 0.6) is 0 Å². The molecule has 0 N–H and O–H groups in total. The van der Waals surface area contributed by atoms with Crippen LogP contribution in [-0.4, -0.2) is 40.7 Å². The molecule has 0 amide bonds. The summed E-state index contributed by atoms with van der Waals surface area (Å²) in [4.78, 5) is 13.6. The Balaban J connectivity index is 1.56. The highest BCUT2D eigenvalue weighted by atomic mass is 35.5. The number of aromatic nitrogens is 3. The van der Waals surface area contributed by atoms with Crippen LogP contribution in [0.15, 0.2) is 42.9 Å². The number of para-hydroxylation sites is 1. The van der Waals surface area contributed by atoms with E-state index in [2.05, 4.69) is 31.9 Å². The number of halogens is 1. The summed E-state index contributed by atoms with van der Waals surface area (Å²) < 4.78 is 2.03. The summed E-state index contributed by atoms with van der Waals surface area (Å²) in [7, 11) is 2.01. The van der Waals surface area contributed by atoms with Gasteiger partial charge in [0.05, 0.1) is 16.1 Å². The zero-order chi connectivity index (χ0) is 15.8. The van der Waals surface area contributed by atoms with Gasteiger partial charge in [0.25, 0.3) is 0 Å². The number of rotatable bonds is 2. The molecular formula is C17H18ClN5. The first kappa shape index (κ1) is 14.3. The molecule has 3 aromatic rings. The first-order chi connectivity index (χ1) is 11.2. The molecule has 2 aromatic heterocycles. The van der Waals surface area contributed by atoms with Gasteiger partial charge in [-0.15, -0.1) is 0 Å². The van der Waals surface area contributed by atoms with Crippen LogP contribution < -0.4 is 9.80 Å². The number of aryl methyl sites for hydroxylation is 1. The molecule has 23 heavy (non-hydrogen) atoms. The van der Waals surface area contributed by atoms with Crippen molar-refractivity contribution < 1.29 is 0 Å². The predicted molar refractivity (Wildman–Crippen MR) is 94.4 cm³/mol. The molecule has 1 aliphatic rings. The van der Waals surface area contributed by atoms with Gasteiger partial charge in [0.15, 0.2) is 0 Å². The van der Waals surface area contributed by atoms with E-state index in [1.54, 1.807) is 6.33 Å². The van der Waals surface area contributed by atoms with Gasteiger partial charge in [-0.25, -0.2) is 9.97 Å². The van der Waals surface area contributed by atoms with E-state index in [1.807, 2.05) is 36.0 Å². The lowest BCUT2D eigenvalue weighted by molar-refractivity contribution is 0.649. The summed E-state index contributed by atoms with van der Waals surface area (Å²) in [5.41, 5.74) is 2.09. The Labute approximate surface area is 140 Å². The monoisotopic (exact) mass is 327 g/mol. The van der Waals surface area contributed by atoms with Gasteiger partial charge in [0, 0.05) is 39.4 Å². The van der Waals surface area contributed by atoms with Crippen molar-refractivity contribution >= 4 is 34.1 Å². The van der Waals surface area contributed by atoms with Crippen molar-refractivity contribution in [1.29, 1.82) is 0 Å². The second kappa shape index (κ2) is 5.74. The Morgan fingerprint density at radius 1 is 0.957 bits per heavy atom. The minimum atomic E-state index is 0.813. The van der Waals surface area contributed by atoms with E-state index in [0.717, 1.165) is 53.7 Å². The van der Waals surface area contributed by atoms with Gasteiger partial charge in [-0.05, 0) is 18.2 Å². The van der Waals surface area contributed by atoms with Crippen LogP contribution in [0.1, 0.15) is 0 Å². The molecule has 0 atom stereocenters. The van der Waals surface area contributed by atoms with Gasteiger partial charge >= 0.3 is 0 Å². The number of piperazine rings is 1. The first-order valence-electron chi connectivity index (χ1n) is 7.74. The largest absolute Gasteiger partial charge is 0.367 e. The third kappa shape index (κ3) is 2.51. The third-order valence-electron chi connectivity index (χ3n) is 4.41. The van der Waals surface area contributed by atoms with E-state index in [4.69, 9.17) is 11.6 Å². The molecule has 0 unspecified atom stereocenters. The van der Waals surface area contributed by atoms with Gasteiger partial charge in [-0.3, -0.25) is 0 Å². The van der Waals surface area contributed by atoms with Gasteiger partial charge in [0.1, 0.15) is 17.8 Å². The van der Waals surface area contributed by atoms with Crippen molar-refractivity contribution in [3.8, 4) is 0 Å². The zero-order valence-corrected chi connectivity index (χ0v) is 13.7. The molecule has 0 aliphatic carbocycles. The highest BCUT2D eigenvalue weighted by Crippen LogP contribution is 2.28. The van der Waals surface area contributed by atoms with Crippen molar-refractivity contribution in [2.75, 3.05) is 36.0 Å². The highest BCUT2D eigenvalue weighted by molar-refractivity contribution is 6.33. The summed E-state index contributed by atoms with van der Waals surface area (Å²) in [6, 6.07) is 10.1. The molecule has 1 aromatic carbocycles. The Hall–Kier alpha value is -2.27. The van der Waals surface area contributed by atoms with E-state index >= 15 is 0 Å². The molecule has 0 bridgehead atoms. The minimum absolute atomic E-state index is 0.813. The third-order valence-corrected chi connectivity index (χ3v) is 4.73. The summed E-state index contributed by atoms with van der Waals surface area (Å²) in [6.07, 6.45) is 3.68. The topological polar surface area (TPSA) is 37.2 Å². The molecule has 0 radical (unpaired) electrons. The molecule has 5 nitrogen and oxygen atoms in total. The Bertz CT molecular complexity index is 836. The maximum atomic E-state index is 6.31. The van der Waals surface area contributed by atoms with Crippen molar-refractivity contribution in [3.05, 3.63) is 47.9 Å². The van der Waals surface area contributed by atoms with Gasteiger partial charge < -0.3 is 14.4 Å². The molecule has 3 heterocycles. The standard InChI is InChI=1S/C17H18ClN5/c1-21-7-6-13-16(21)19-12-20-17(13)23-10-8-22(9-11-23)15-5-3-2-4-14(15)18/h2-7,12H,8-11H2,1H3. The number of anilines is 2. The van der Waals surface area contributed by atoms with Gasteiger partial charge in [0.2, 0.25) is 0 Å². The number of hydrogen-bond acceptors (Lipinski definition) is 4. The summed E-state index contributed by atoms with van der Waals surface area (Å²) in [5, 5.41) is 1.93. The lowest BCUT2D eigenvalue weighted by Crippen LogP contribution is -2.47. The van der Waals surface area contributed by atoms with Gasteiger partial charge in [-0.2, -0.15) is 0 Å². The van der Waals surface area contributed by atoms with Crippen LogP contribution >= 0.6 is 11.6 Å². The number of fused-ring (bicyclic) bond motifs is 1. The molecule has 118 valence electrons. The fourth-order valence-electron chi connectivity index (χ4n) is 3.18. The van der Waals surface area contributed by atoms with Crippen molar-refractivity contribution in [2.45, 2.75) is 0 Å². The number of benzene rings is 1. The van der Waals surface area contributed by atoms with Crippen LogP contribution in [0.25, 0.3) is 11.0 Å². The molecular weight excluding hydrogens is 310 g/mol. The Morgan fingerprint density at radius 2 is 1.70 bits per heavy atom. The van der Waals surface area contributed by atoms with Crippen LogP contribution in [-0.2, 0) is 7.05 Å². The Kier molecular flexibility index (Phi) is 3.58. The van der Waals surface area contributed by atoms with Crippen LogP contribution in [0.3, 0.4) is 0 Å². The molecule has 1 aliphatic heterocycles. The average molecular weight is 328 g/mol. The van der Waals surface area contributed by atoms with Crippen molar-refractivity contribution in [2.24, 2.45) is 7.05 Å². The number of nitrogens with zero attached hydrogens (tertiary/aromatic N) is 5. The first-order valence-corrected chi connectivity index (χ1v) is 8.12. The molecule has 4 rings (SSSR count). The fraction of sp³-hybridized carbons (Fsp3) is 0.294. The average Bonchev–Trinajstić information content (AvgIpc) is 2.97. The quantitative estimate of drug-likeness (QED) is 0.725. The number of hydrogen-bond donors (Lipinski definition) is 0. The van der Waals surface area contributed by atoms with E-state index in [0.29, 0.717) is 0 Å². The summed E-state index contributed by atoms with van der Waals surface area (Å²) in [6.45, 7) is 3.71. The molecule has 1 saturated heterocycles. The van der Waals surface area contributed by atoms with E-state index in [-0.39, 0.29) is 0 Å². The summed E-state index contributed by atoms with van der Waals surface area (Å²) in [5.74, 6) is 1.02. The second-order valence-corrected chi connectivity index (χ2v) is 6.19. The molecule has 0 spiro atoms. The maximum Gasteiger partial charge on any atom is 0.145 e. The molecule has 6 heteroatoms. The predicted octanol–water partition coefficient (Wildman–Crippen LogP) is 2.95. The fourth-order valence-corrected chi connectivity index (χ4v) is 3.44. The summed E-state index contributed by atoms with van der Waals surface area (Å²) >= 11 is 6.31. The van der Waals surface area contributed by atoms with E-state index < -0.39 is 0 Å². The Morgan fingerprint density at radius 3 is 2.48 bits per heavy atom.